The fourth-order valence-electron chi connectivity index (χ4n) is 1.87. The highest BCUT2D eigenvalue weighted by Gasteiger charge is 2.06. The first-order valence-electron chi connectivity index (χ1n) is 7.88. The molecule has 0 radical (unpaired) electrons. The fourth-order valence-corrected chi connectivity index (χ4v) is 3.09. The zero-order valence-electron chi connectivity index (χ0n) is 14.2. The average Bonchev–Trinajstić information content (AvgIpc) is 3.12. The second-order valence-corrected chi connectivity index (χ2v) is 8.48. The van der Waals surface area contributed by atoms with Crippen molar-refractivity contribution in [3.8, 4) is 0 Å². The molecule has 0 aliphatic heterocycles. The maximum Gasteiger partial charge on any atom is 0.240 e. The smallest absolute Gasteiger partial charge is 0.240 e. The van der Waals surface area contributed by atoms with E-state index in [1.54, 1.807) is 12.1 Å². The molecule has 0 bridgehead atoms. The Bertz CT molecular complexity index is 780. The van der Waals surface area contributed by atoms with Crippen LogP contribution >= 0.6 is 63.7 Å². The lowest BCUT2D eigenvalue weighted by Crippen LogP contribution is -2.18. The van der Waals surface area contributed by atoms with Crippen LogP contribution in [0.1, 0.15) is 37.2 Å². The lowest BCUT2D eigenvalue weighted by molar-refractivity contribution is -0.123. The van der Waals surface area contributed by atoms with Crippen LogP contribution in [-0.4, -0.2) is 24.2 Å². The summed E-state index contributed by atoms with van der Waals surface area (Å²) < 4.78 is 13.2. The van der Waals surface area contributed by atoms with Crippen molar-refractivity contribution < 1.29 is 18.4 Å². The summed E-state index contributed by atoms with van der Waals surface area (Å²) in [6.07, 6.45) is 4.41. The van der Waals surface area contributed by atoms with Crippen molar-refractivity contribution in [1.29, 1.82) is 0 Å². The molecule has 2 aromatic rings. The number of nitrogens with one attached hydrogen (secondary N) is 2. The molecule has 0 aliphatic rings. The maximum atomic E-state index is 11.7. The summed E-state index contributed by atoms with van der Waals surface area (Å²) in [6, 6.07) is 3.43. The van der Waals surface area contributed by atoms with E-state index in [0.717, 1.165) is 8.95 Å². The van der Waals surface area contributed by atoms with E-state index in [2.05, 4.69) is 84.8 Å². The zero-order valence-corrected chi connectivity index (χ0v) is 20.5. The Labute approximate surface area is 194 Å². The van der Waals surface area contributed by atoms with Crippen molar-refractivity contribution >= 4 is 88.0 Å². The van der Waals surface area contributed by atoms with Crippen LogP contribution in [0.3, 0.4) is 0 Å². The zero-order chi connectivity index (χ0) is 20.5. The molecule has 0 unspecified atom stereocenters. The minimum absolute atomic E-state index is 0.242. The fraction of sp³-hybridized carbons (Fsp3) is 0.250. The Morgan fingerprint density at radius 2 is 1.21 bits per heavy atom. The van der Waals surface area contributed by atoms with Gasteiger partial charge in [0, 0.05) is 25.0 Å². The topological polar surface area (TPSA) is 109 Å². The summed E-state index contributed by atoms with van der Waals surface area (Å²) in [5, 5.41) is 7.63. The number of carbonyl (C=O) groups excluding carboxylic acids is 2. The number of rotatable bonds is 9. The van der Waals surface area contributed by atoms with Crippen molar-refractivity contribution in [3.63, 3.8) is 0 Å². The Morgan fingerprint density at radius 1 is 0.821 bits per heavy atom. The molecule has 2 N–H and O–H groups in total. The number of nitrogens with zero attached hydrogens (tertiary/aromatic N) is 2. The van der Waals surface area contributed by atoms with Gasteiger partial charge in [0.2, 0.25) is 11.8 Å². The molecule has 150 valence electrons. The summed E-state index contributed by atoms with van der Waals surface area (Å²) in [4.78, 5) is 23.4. The van der Waals surface area contributed by atoms with E-state index in [1.165, 1.54) is 12.4 Å². The van der Waals surface area contributed by atoms with Gasteiger partial charge >= 0.3 is 0 Å². The number of halogens is 4. The standard InChI is InChI=1S/C16H14Br4N4O4/c17-11-5-9(27-15(11)19)7-21-23-13(25)3-1-2-4-14(26)24-22-8-10-6-12(18)16(20)28-10/h5-8H,1-4H2,(H,23,25)(H,24,26)/b21-7+,22-8+. The van der Waals surface area contributed by atoms with Gasteiger partial charge in [0.25, 0.3) is 0 Å². The normalized spacial score (nSPS) is 11.4. The number of furan rings is 2. The van der Waals surface area contributed by atoms with Crippen LogP contribution in [0, 0.1) is 0 Å². The van der Waals surface area contributed by atoms with Gasteiger partial charge in [0.05, 0.1) is 21.4 Å². The van der Waals surface area contributed by atoms with Gasteiger partial charge in [-0.15, -0.1) is 0 Å². The SMILES string of the molecule is O=C(CCCCC(=O)N/N=C/c1cc(Br)c(Br)o1)N/N=C/c1cc(Br)c(Br)o1. The van der Waals surface area contributed by atoms with Gasteiger partial charge in [-0.1, -0.05) is 0 Å². The van der Waals surface area contributed by atoms with Crippen molar-refractivity contribution in [2.45, 2.75) is 25.7 Å². The molecule has 0 atom stereocenters. The van der Waals surface area contributed by atoms with Crippen LogP contribution in [-0.2, 0) is 9.59 Å². The summed E-state index contributed by atoms with van der Waals surface area (Å²) in [7, 11) is 0. The molecule has 0 aliphatic carbocycles. The molecule has 8 nitrogen and oxygen atoms in total. The van der Waals surface area contributed by atoms with E-state index in [1.807, 2.05) is 0 Å². The highest BCUT2D eigenvalue weighted by molar-refractivity contribution is 9.13. The molecular weight excluding hydrogens is 632 g/mol. The first kappa shape index (κ1) is 23.0. The molecule has 0 aromatic carbocycles. The number of hydrogen-bond acceptors (Lipinski definition) is 6. The highest BCUT2D eigenvalue weighted by Crippen LogP contribution is 2.26. The van der Waals surface area contributed by atoms with Crippen LogP contribution in [0.15, 0.2) is 49.5 Å². The third kappa shape index (κ3) is 8.02. The second kappa shape index (κ2) is 11.7. The number of hydrazone groups is 2. The number of amides is 2. The number of unbranched alkanes of at least 4 members (excludes halogenated alkanes) is 1. The van der Waals surface area contributed by atoms with Gasteiger partial charge in [0.15, 0.2) is 9.34 Å². The first-order valence-corrected chi connectivity index (χ1v) is 11.1. The third-order valence-electron chi connectivity index (χ3n) is 3.15. The van der Waals surface area contributed by atoms with E-state index in [4.69, 9.17) is 8.83 Å². The average molecular weight is 646 g/mol. The molecule has 2 heterocycles. The Kier molecular flexibility index (Phi) is 9.62. The third-order valence-corrected chi connectivity index (χ3v) is 6.57. The van der Waals surface area contributed by atoms with E-state index in [9.17, 15) is 9.59 Å². The predicted octanol–water partition coefficient (Wildman–Crippen LogP) is 5.08. The maximum absolute atomic E-state index is 11.7. The van der Waals surface area contributed by atoms with Crippen LogP contribution in [0.4, 0.5) is 0 Å². The summed E-state index contributed by atoms with van der Waals surface area (Å²) in [5.74, 6) is 0.498. The Morgan fingerprint density at radius 3 is 1.54 bits per heavy atom. The van der Waals surface area contributed by atoms with Crippen molar-refractivity contribution in [2.24, 2.45) is 10.2 Å². The van der Waals surface area contributed by atoms with E-state index in [0.29, 0.717) is 33.7 Å². The summed E-state index contributed by atoms with van der Waals surface area (Å²) >= 11 is 13.0. The van der Waals surface area contributed by atoms with Gasteiger partial charge in [-0.05, 0) is 76.6 Å². The van der Waals surface area contributed by atoms with E-state index < -0.39 is 0 Å². The van der Waals surface area contributed by atoms with Crippen molar-refractivity contribution in [3.05, 3.63) is 41.9 Å². The van der Waals surface area contributed by atoms with E-state index in [-0.39, 0.29) is 24.7 Å². The minimum Gasteiger partial charge on any atom is -0.447 e. The Hall–Kier alpha value is -1.24. The molecule has 2 amide bonds. The second-order valence-electron chi connectivity index (χ2n) is 5.33. The first-order chi connectivity index (χ1) is 13.3. The Balaban J connectivity index is 1.58. The molecule has 0 saturated carbocycles. The lowest BCUT2D eigenvalue weighted by Gasteiger charge is -2.00. The van der Waals surface area contributed by atoms with Crippen molar-refractivity contribution in [2.75, 3.05) is 0 Å². The number of carbonyl (C=O) groups is 2. The predicted molar refractivity (Wildman–Crippen MR) is 118 cm³/mol. The summed E-state index contributed by atoms with van der Waals surface area (Å²) in [6.45, 7) is 0. The molecular formula is C16H14Br4N4O4. The molecule has 12 heteroatoms. The van der Waals surface area contributed by atoms with Gasteiger partial charge in [-0.25, -0.2) is 10.9 Å². The van der Waals surface area contributed by atoms with E-state index >= 15 is 0 Å². The molecule has 0 saturated heterocycles. The van der Waals surface area contributed by atoms with Gasteiger partial charge in [-0.3, -0.25) is 9.59 Å². The van der Waals surface area contributed by atoms with Crippen LogP contribution in [0.5, 0.6) is 0 Å². The minimum atomic E-state index is -0.242. The summed E-state index contributed by atoms with van der Waals surface area (Å²) in [5.41, 5.74) is 4.81. The quantitative estimate of drug-likeness (QED) is 0.225. The molecule has 2 rings (SSSR count). The molecule has 0 spiro atoms. The van der Waals surface area contributed by atoms with Crippen LogP contribution in [0.2, 0.25) is 0 Å². The molecule has 2 aromatic heterocycles. The highest BCUT2D eigenvalue weighted by atomic mass is 79.9. The van der Waals surface area contributed by atoms with Crippen LogP contribution in [0.25, 0.3) is 0 Å². The lowest BCUT2D eigenvalue weighted by atomic mass is 10.2. The monoisotopic (exact) mass is 642 g/mol. The van der Waals surface area contributed by atoms with Crippen molar-refractivity contribution in [1.82, 2.24) is 10.9 Å². The van der Waals surface area contributed by atoms with Gasteiger partial charge < -0.3 is 8.83 Å². The molecule has 0 fully saturated rings. The van der Waals surface area contributed by atoms with Crippen LogP contribution < -0.4 is 10.9 Å². The molecule has 28 heavy (non-hydrogen) atoms. The largest absolute Gasteiger partial charge is 0.447 e. The van der Waals surface area contributed by atoms with Gasteiger partial charge in [-0.2, -0.15) is 10.2 Å². The number of hydrogen-bond donors (Lipinski definition) is 2. The van der Waals surface area contributed by atoms with Gasteiger partial charge in [0.1, 0.15) is 11.5 Å².